The van der Waals surface area contributed by atoms with E-state index in [1.54, 1.807) is 33.9 Å². The molecule has 0 saturated carbocycles. The number of amides is 1. The summed E-state index contributed by atoms with van der Waals surface area (Å²) in [6.07, 6.45) is 1.48. The van der Waals surface area contributed by atoms with Gasteiger partial charge in [-0.25, -0.2) is 4.79 Å². The van der Waals surface area contributed by atoms with Crippen molar-refractivity contribution in [2.75, 3.05) is 18.8 Å². The van der Waals surface area contributed by atoms with E-state index >= 15 is 0 Å². The Labute approximate surface area is 140 Å². The van der Waals surface area contributed by atoms with Crippen LogP contribution >= 0.6 is 0 Å². The van der Waals surface area contributed by atoms with Crippen LogP contribution in [0, 0.1) is 5.92 Å². The van der Waals surface area contributed by atoms with Gasteiger partial charge in [0, 0.05) is 48.2 Å². The van der Waals surface area contributed by atoms with Gasteiger partial charge in [-0.3, -0.25) is 4.79 Å². The summed E-state index contributed by atoms with van der Waals surface area (Å²) < 4.78 is 7.03. The quantitative estimate of drug-likeness (QED) is 0.859. The number of ether oxygens (including phenoxy) is 1. The van der Waals surface area contributed by atoms with Gasteiger partial charge >= 0.3 is 6.09 Å². The molecule has 0 bridgehead atoms. The van der Waals surface area contributed by atoms with Crippen LogP contribution in [0.4, 0.5) is 10.5 Å². The average Bonchev–Trinajstić information content (AvgIpc) is 2.43. The molecule has 1 fully saturated rings. The molecular formula is C18H23N3O3. The molecule has 2 N–H and O–H groups in total. The molecule has 0 unspecified atom stereocenters. The maximum Gasteiger partial charge on any atom is 0.410 e. The zero-order chi connectivity index (χ0) is 17.5. The van der Waals surface area contributed by atoms with E-state index in [1.807, 2.05) is 26.8 Å². The lowest BCUT2D eigenvalue weighted by atomic mass is 10.0. The summed E-state index contributed by atoms with van der Waals surface area (Å²) in [5.41, 5.74) is 5.98. The third kappa shape index (κ3) is 3.22. The number of carbonyl (C=O) groups is 1. The molecule has 0 spiro atoms. The minimum Gasteiger partial charge on any atom is -0.444 e. The molecule has 128 valence electrons. The number of carbonyl (C=O) groups excluding carboxylic acids is 1. The number of hydrogen-bond acceptors (Lipinski definition) is 4. The van der Waals surface area contributed by atoms with Crippen LogP contribution in [0.25, 0.3) is 10.8 Å². The fraction of sp³-hybridized carbons (Fsp3) is 0.444. The van der Waals surface area contributed by atoms with Gasteiger partial charge in [0.05, 0.1) is 0 Å². The zero-order valence-electron chi connectivity index (χ0n) is 14.3. The third-order valence-corrected chi connectivity index (χ3v) is 4.12. The highest BCUT2D eigenvalue weighted by atomic mass is 16.6. The van der Waals surface area contributed by atoms with E-state index in [0.29, 0.717) is 30.7 Å². The van der Waals surface area contributed by atoms with Gasteiger partial charge in [-0.1, -0.05) is 6.07 Å². The van der Waals surface area contributed by atoms with Gasteiger partial charge in [-0.2, -0.15) is 0 Å². The molecule has 3 rings (SSSR count). The molecule has 2 heterocycles. The van der Waals surface area contributed by atoms with Crippen LogP contribution in [-0.4, -0.2) is 34.3 Å². The van der Waals surface area contributed by atoms with E-state index in [9.17, 15) is 9.59 Å². The molecule has 1 amide bonds. The number of fused-ring (bicyclic) bond motifs is 1. The highest BCUT2D eigenvalue weighted by molar-refractivity contribution is 5.91. The van der Waals surface area contributed by atoms with Crippen molar-refractivity contribution in [2.24, 2.45) is 5.92 Å². The van der Waals surface area contributed by atoms with Gasteiger partial charge in [0.25, 0.3) is 5.56 Å². The molecule has 1 aromatic heterocycles. The molecule has 6 heteroatoms. The van der Waals surface area contributed by atoms with Crippen LogP contribution in [0.5, 0.6) is 0 Å². The predicted molar refractivity (Wildman–Crippen MR) is 93.9 cm³/mol. The highest BCUT2D eigenvalue weighted by Crippen LogP contribution is 2.22. The summed E-state index contributed by atoms with van der Waals surface area (Å²) in [5, 5.41) is 1.41. The summed E-state index contributed by atoms with van der Waals surface area (Å²) in [7, 11) is 0. The number of nitrogen functional groups attached to an aromatic ring is 1. The number of pyridine rings is 1. The first kappa shape index (κ1) is 16.4. The number of rotatable bonds is 2. The van der Waals surface area contributed by atoms with Crippen LogP contribution < -0.4 is 11.3 Å². The number of hydrogen-bond donors (Lipinski definition) is 1. The number of aromatic nitrogens is 1. The summed E-state index contributed by atoms with van der Waals surface area (Å²) in [6, 6.07) is 7.24. The predicted octanol–water partition coefficient (Wildman–Crippen LogP) is 2.45. The second-order valence-corrected chi connectivity index (χ2v) is 7.33. The SMILES string of the molecule is CC(C)(C)OC(=O)N1CC(Cn2ccc3c(N)cccc3c2=O)C1. The maximum absolute atomic E-state index is 12.6. The summed E-state index contributed by atoms with van der Waals surface area (Å²) in [6.45, 7) is 7.35. The smallest absolute Gasteiger partial charge is 0.410 e. The van der Waals surface area contributed by atoms with Crippen molar-refractivity contribution >= 4 is 22.6 Å². The highest BCUT2D eigenvalue weighted by Gasteiger charge is 2.33. The van der Waals surface area contributed by atoms with Crippen molar-refractivity contribution in [1.82, 2.24) is 9.47 Å². The molecule has 0 atom stereocenters. The Kier molecular flexibility index (Phi) is 3.99. The molecule has 0 radical (unpaired) electrons. The molecular weight excluding hydrogens is 306 g/mol. The van der Waals surface area contributed by atoms with E-state index in [2.05, 4.69) is 0 Å². The number of nitrogens with two attached hydrogens (primary N) is 1. The molecule has 1 aliphatic heterocycles. The lowest BCUT2D eigenvalue weighted by Crippen LogP contribution is -2.53. The fourth-order valence-electron chi connectivity index (χ4n) is 2.93. The van der Waals surface area contributed by atoms with E-state index in [1.165, 1.54) is 0 Å². The number of anilines is 1. The molecule has 1 aliphatic rings. The number of likely N-dealkylation sites (tertiary alicyclic amines) is 1. The van der Waals surface area contributed by atoms with E-state index in [4.69, 9.17) is 10.5 Å². The van der Waals surface area contributed by atoms with Gasteiger partial charge in [0.15, 0.2) is 0 Å². The maximum atomic E-state index is 12.6. The van der Waals surface area contributed by atoms with Gasteiger partial charge in [0.1, 0.15) is 5.60 Å². The van der Waals surface area contributed by atoms with Crippen molar-refractivity contribution in [1.29, 1.82) is 0 Å². The van der Waals surface area contributed by atoms with Crippen molar-refractivity contribution in [2.45, 2.75) is 32.9 Å². The largest absolute Gasteiger partial charge is 0.444 e. The van der Waals surface area contributed by atoms with E-state index in [0.717, 1.165) is 5.39 Å². The third-order valence-electron chi connectivity index (χ3n) is 4.12. The summed E-state index contributed by atoms with van der Waals surface area (Å²) in [4.78, 5) is 26.2. The lowest BCUT2D eigenvalue weighted by Gasteiger charge is -2.40. The lowest BCUT2D eigenvalue weighted by molar-refractivity contribution is -0.00344. The van der Waals surface area contributed by atoms with Crippen LogP contribution in [0.15, 0.2) is 35.3 Å². The second kappa shape index (κ2) is 5.85. The Balaban J connectivity index is 1.67. The first-order valence-electron chi connectivity index (χ1n) is 8.10. The topological polar surface area (TPSA) is 77.6 Å². The normalized spacial score (nSPS) is 15.4. The molecule has 1 aromatic carbocycles. The minimum atomic E-state index is -0.489. The van der Waals surface area contributed by atoms with Crippen molar-refractivity contribution in [3.63, 3.8) is 0 Å². The monoisotopic (exact) mass is 329 g/mol. The molecule has 24 heavy (non-hydrogen) atoms. The Morgan fingerprint density at radius 3 is 2.62 bits per heavy atom. The van der Waals surface area contributed by atoms with Gasteiger partial charge in [0.2, 0.25) is 0 Å². The number of nitrogens with zero attached hydrogens (tertiary/aromatic N) is 2. The van der Waals surface area contributed by atoms with Crippen LogP contribution in [0.3, 0.4) is 0 Å². The summed E-state index contributed by atoms with van der Waals surface area (Å²) in [5.74, 6) is 0.258. The Bertz CT molecular complexity index is 829. The van der Waals surface area contributed by atoms with Crippen LogP contribution in [-0.2, 0) is 11.3 Å². The first-order chi connectivity index (χ1) is 11.2. The second-order valence-electron chi connectivity index (χ2n) is 7.33. The molecule has 1 saturated heterocycles. The summed E-state index contributed by atoms with van der Waals surface area (Å²) >= 11 is 0. The van der Waals surface area contributed by atoms with Crippen molar-refractivity contribution in [3.8, 4) is 0 Å². The van der Waals surface area contributed by atoms with Gasteiger partial charge in [-0.05, 0) is 39.0 Å². The van der Waals surface area contributed by atoms with Gasteiger partial charge in [-0.15, -0.1) is 0 Å². The average molecular weight is 329 g/mol. The van der Waals surface area contributed by atoms with Crippen molar-refractivity contribution < 1.29 is 9.53 Å². The van der Waals surface area contributed by atoms with Crippen molar-refractivity contribution in [3.05, 3.63) is 40.8 Å². The zero-order valence-corrected chi connectivity index (χ0v) is 14.3. The Morgan fingerprint density at radius 2 is 1.96 bits per heavy atom. The van der Waals surface area contributed by atoms with Crippen LogP contribution in [0.1, 0.15) is 20.8 Å². The number of benzene rings is 1. The Morgan fingerprint density at radius 1 is 1.25 bits per heavy atom. The molecule has 6 nitrogen and oxygen atoms in total. The Hall–Kier alpha value is -2.50. The standard InChI is InChI=1S/C18H23N3O3/c1-18(2,3)24-17(23)21-10-12(11-21)9-20-8-7-13-14(16(20)22)5-4-6-15(13)19/h4-8,12H,9-11,19H2,1-3H3. The fourth-order valence-corrected chi connectivity index (χ4v) is 2.93. The minimum absolute atomic E-state index is 0.0458. The van der Waals surface area contributed by atoms with Crippen LogP contribution in [0.2, 0.25) is 0 Å². The molecule has 0 aliphatic carbocycles. The van der Waals surface area contributed by atoms with Gasteiger partial charge < -0.3 is 19.9 Å². The molecule has 2 aromatic rings. The first-order valence-corrected chi connectivity index (χ1v) is 8.10. The van der Waals surface area contributed by atoms with E-state index < -0.39 is 5.60 Å². The van der Waals surface area contributed by atoms with E-state index in [-0.39, 0.29) is 17.6 Å².